The standard InChI is InChI=1S/C22H26N2O4/c1-3-4-5-6-13-23-20(25)16-8-10-17(11-9-16)21(26)24-19-12-7-15(2)14-18(19)22(27)28/h7-12,14H,3-6,13H2,1-2H3,(H,23,25)(H,24,26)(H,27,28). The summed E-state index contributed by atoms with van der Waals surface area (Å²) in [6.45, 7) is 4.55. The van der Waals surface area contributed by atoms with E-state index in [0.29, 0.717) is 17.7 Å². The third-order valence-corrected chi connectivity index (χ3v) is 4.38. The fraction of sp³-hybridized carbons (Fsp3) is 0.318. The van der Waals surface area contributed by atoms with Gasteiger partial charge >= 0.3 is 5.97 Å². The number of carbonyl (C=O) groups is 3. The van der Waals surface area contributed by atoms with Crippen molar-refractivity contribution in [3.8, 4) is 0 Å². The molecule has 0 fully saturated rings. The highest BCUT2D eigenvalue weighted by atomic mass is 16.4. The number of carboxylic acid groups (broad SMARTS) is 1. The summed E-state index contributed by atoms with van der Waals surface area (Å²) in [5.41, 5.74) is 1.88. The molecular formula is C22H26N2O4. The van der Waals surface area contributed by atoms with E-state index < -0.39 is 11.9 Å². The lowest BCUT2D eigenvalue weighted by molar-refractivity contribution is 0.0697. The summed E-state index contributed by atoms with van der Waals surface area (Å²) in [4.78, 5) is 35.9. The van der Waals surface area contributed by atoms with Crippen LogP contribution < -0.4 is 10.6 Å². The van der Waals surface area contributed by atoms with Crippen LogP contribution in [0.3, 0.4) is 0 Å². The first-order chi connectivity index (χ1) is 13.4. The van der Waals surface area contributed by atoms with E-state index in [1.807, 2.05) is 0 Å². The van der Waals surface area contributed by atoms with Gasteiger partial charge in [0.15, 0.2) is 0 Å². The maximum atomic E-state index is 12.4. The molecule has 0 saturated heterocycles. The van der Waals surface area contributed by atoms with Crippen molar-refractivity contribution < 1.29 is 19.5 Å². The second kappa shape index (κ2) is 10.3. The summed E-state index contributed by atoms with van der Waals surface area (Å²) in [5, 5.41) is 14.8. The van der Waals surface area contributed by atoms with Crippen molar-refractivity contribution in [3.05, 3.63) is 64.7 Å². The second-order valence-electron chi connectivity index (χ2n) is 6.70. The van der Waals surface area contributed by atoms with E-state index in [4.69, 9.17) is 0 Å². The molecule has 0 saturated carbocycles. The molecule has 148 valence electrons. The Bertz CT molecular complexity index is 844. The number of amides is 2. The maximum Gasteiger partial charge on any atom is 0.337 e. The first-order valence-electron chi connectivity index (χ1n) is 9.46. The first kappa shape index (κ1) is 21.2. The van der Waals surface area contributed by atoms with Gasteiger partial charge < -0.3 is 15.7 Å². The smallest absolute Gasteiger partial charge is 0.337 e. The van der Waals surface area contributed by atoms with Gasteiger partial charge in [0.2, 0.25) is 0 Å². The van der Waals surface area contributed by atoms with Gasteiger partial charge in [-0.3, -0.25) is 9.59 Å². The Hall–Kier alpha value is -3.15. The number of carbonyl (C=O) groups excluding carboxylic acids is 2. The molecule has 0 radical (unpaired) electrons. The molecule has 0 atom stereocenters. The molecule has 0 aliphatic carbocycles. The molecule has 2 aromatic carbocycles. The minimum atomic E-state index is -1.11. The third kappa shape index (κ3) is 5.94. The average molecular weight is 382 g/mol. The lowest BCUT2D eigenvalue weighted by Gasteiger charge is -2.10. The normalized spacial score (nSPS) is 10.4. The lowest BCUT2D eigenvalue weighted by Crippen LogP contribution is -2.24. The monoisotopic (exact) mass is 382 g/mol. The number of carboxylic acids is 1. The molecule has 0 aliphatic heterocycles. The molecule has 3 N–H and O–H groups in total. The molecule has 28 heavy (non-hydrogen) atoms. The van der Waals surface area contributed by atoms with E-state index in [2.05, 4.69) is 17.6 Å². The van der Waals surface area contributed by atoms with Crippen LogP contribution in [0, 0.1) is 6.92 Å². The SMILES string of the molecule is CCCCCCNC(=O)c1ccc(C(=O)Nc2ccc(C)cc2C(=O)O)cc1. The first-order valence-corrected chi connectivity index (χ1v) is 9.46. The van der Waals surface area contributed by atoms with Crippen molar-refractivity contribution in [1.82, 2.24) is 5.32 Å². The summed E-state index contributed by atoms with van der Waals surface area (Å²) in [5.74, 6) is -1.71. The van der Waals surface area contributed by atoms with Gasteiger partial charge in [0.25, 0.3) is 11.8 Å². The fourth-order valence-corrected chi connectivity index (χ4v) is 2.77. The maximum absolute atomic E-state index is 12.4. The minimum absolute atomic E-state index is 0.0346. The molecule has 6 heteroatoms. The molecule has 0 unspecified atom stereocenters. The zero-order valence-corrected chi connectivity index (χ0v) is 16.2. The van der Waals surface area contributed by atoms with Crippen molar-refractivity contribution in [1.29, 1.82) is 0 Å². The van der Waals surface area contributed by atoms with Crippen molar-refractivity contribution in [2.75, 3.05) is 11.9 Å². The zero-order valence-electron chi connectivity index (χ0n) is 16.2. The number of aromatic carboxylic acids is 1. The van der Waals surface area contributed by atoms with Gasteiger partial charge in [-0.1, -0.05) is 37.8 Å². The van der Waals surface area contributed by atoms with E-state index in [9.17, 15) is 19.5 Å². The van der Waals surface area contributed by atoms with Gasteiger partial charge in [0.05, 0.1) is 11.3 Å². The van der Waals surface area contributed by atoms with Gasteiger partial charge in [-0.15, -0.1) is 0 Å². The Morgan fingerprint density at radius 1 is 0.893 bits per heavy atom. The van der Waals surface area contributed by atoms with Crippen LogP contribution in [0.5, 0.6) is 0 Å². The number of benzene rings is 2. The molecule has 0 aliphatic rings. The minimum Gasteiger partial charge on any atom is -0.478 e. The van der Waals surface area contributed by atoms with E-state index in [1.165, 1.54) is 6.07 Å². The van der Waals surface area contributed by atoms with E-state index >= 15 is 0 Å². The summed E-state index contributed by atoms with van der Waals surface area (Å²) in [6.07, 6.45) is 4.34. The van der Waals surface area contributed by atoms with Crippen molar-refractivity contribution in [2.45, 2.75) is 39.5 Å². The number of nitrogens with one attached hydrogen (secondary N) is 2. The van der Waals surface area contributed by atoms with Crippen LogP contribution in [0.1, 0.15) is 69.2 Å². The van der Waals surface area contributed by atoms with Crippen LogP contribution >= 0.6 is 0 Å². The van der Waals surface area contributed by atoms with Gasteiger partial charge in [-0.2, -0.15) is 0 Å². The number of aryl methyl sites for hydroxylation is 1. The second-order valence-corrected chi connectivity index (χ2v) is 6.70. The quantitative estimate of drug-likeness (QED) is 0.565. The predicted molar refractivity (Wildman–Crippen MR) is 109 cm³/mol. The summed E-state index contributed by atoms with van der Waals surface area (Å²) >= 11 is 0. The van der Waals surface area contributed by atoms with E-state index in [0.717, 1.165) is 31.2 Å². The Morgan fingerprint density at radius 3 is 2.14 bits per heavy atom. The predicted octanol–water partition coefficient (Wildman–Crippen LogP) is 4.26. The molecule has 2 amide bonds. The van der Waals surface area contributed by atoms with Gasteiger partial charge in [-0.05, 0) is 49.7 Å². The molecule has 0 heterocycles. The van der Waals surface area contributed by atoms with Crippen LogP contribution in [-0.2, 0) is 0 Å². The molecule has 6 nitrogen and oxygen atoms in total. The molecular weight excluding hydrogens is 356 g/mol. The Labute approximate surface area is 165 Å². The van der Waals surface area contributed by atoms with Crippen LogP contribution in [0.15, 0.2) is 42.5 Å². The van der Waals surface area contributed by atoms with Crippen LogP contribution in [0.4, 0.5) is 5.69 Å². The van der Waals surface area contributed by atoms with Gasteiger partial charge in [0.1, 0.15) is 0 Å². The summed E-state index contributed by atoms with van der Waals surface area (Å²) < 4.78 is 0. The molecule has 0 bridgehead atoms. The third-order valence-electron chi connectivity index (χ3n) is 4.38. The highest BCUT2D eigenvalue weighted by Crippen LogP contribution is 2.18. The van der Waals surface area contributed by atoms with Gasteiger partial charge in [0, 0.05) is 17.7 Å². The van der Waals surface area contributed by atoms with Crippen LogP contribution in [0.25, 0.3) is 0 Å². The summed E-state index contributed by atoms with van der Waals surface area (Å²) in [6, 6.07) is 11.1. The fourth-order valence-electron chi connectivity index (χ4n) is 2.77. The molecule has 2 rings (SSSR count). The zero-order chi connectivity index (χ0) is 20.5. The number of anilines is 1. The van der Waals surface area contributed by atoms with Crippen LogP contribution in [-0.4, -0.2) is 29.4 Å². The Balaban J connectivity index is 1.99. The van der Waals surface area contributed by atoms with Crippen molar-refractivity contribution in [3.63, 3.8) is 0 Å². The number of hydrogen-bond donors (Lipinski definition) is 3. The molecule has 0 aromatic heterocycles. The van der Waals surface area contributed by atoms with Crippen LogP contribution in [0.2, 0.25) is 0 Å². The van der Waals surface area contributed by atoms with E-state index in [-0.39, 0.29) is 17.2 Å². The van der Waals surface area contributed by atoms with Crippen molar-refractivity contribution >= 4 is 23.5 Å². The highest BCUT2D eigenvalue weighted by molar-refractivity contribution is 6.08. The topological polar surface area (TPSA) is 95.5 Å². The average Bonchev–Trinajstić information content (AvgIpc) is 2.69. The number of rotatable bonds is 9. The molecule has 0 spiro atoms. The Kier molecular flexibility index (Phi) is 7.75. The summed E-state index contributed by atoms with van der Waals surface area (Å²) in [7, 11) is 0. The van der Waals surface area contributed by atoms with Crippen molar-refractivity contribution in [2.24, 2.45) is 0 Å². The largest absolute Gasteiger partial charge is 0.478 e. The number of hydrogen-bond acceptors (Lipinski definition) is 3. The lowest BCUT2D eigenvalue weighted by atomic mass is 10.1. The number of unbranched alkanes of at least 4 members (excludes halogenated alkanes) is 3. The van der Waals surface area contributed by atoms with E-state index in [1.54, 1.807) is 43.3 Å². The Morgan fingerprint density at radius 2 is 1.54 bits per heavy atom. The van der Waals surface area contributed by atoms with Gasteiger partial charge in [-0.25, -0.2) is 4.79 Å². The molecule has 2 aromatic rings. The highest BCUT2D eigenvalue weighted by Gasteiger charge is 2.14.